The molecule has 5 heteroatoms. The Kier molecular flexibility index (Phi) is 3.93. The summed E-state index contributed by atoms with van der Waals surface area (Å²) in [7, 11) is 1.56. The van der Waals surface area contributed by atoms with Crippen LogP contribution >= 0.6 is 0 Å². The fraction of sp³-hybridized carbons (Fsp3) is 0.455. The van der Waals surface area contributed by atoms with Crippen LogP contribution in [0.3, 0.4) is 0 Å². The Hall–Kier alpha value is -1.52. The van der Waals surface area contributed by atoms with Crippen LogP contribution in [-0.4, -0.2) is 29.4 Å². The summed E-state index contributed by atoms with van der Waals surface area (Å²) in [5.74, 6) is -2.71. The van der Waals surface area contributed by atoms with Crippen LogP contribution in [0, 0.1) is 17.7 Å². The number of hydrogen-bond donors (Lipinski definition) is 0. The minimum Gasteiger partial charge on any atom is -0.341 e. The van der Waals surface area contributed by atoms with Gasteiger partial charge in [-0.1, -0.05) is 13.8 Å². The number of hydrogen-bond acceptors (Lipinski definition) is 2. The summed E-state index contributed by atoms with van der Waals surface area (Å²) in [6.45, 7) is 4.36. The Morgan fingerprint density at radius 3 is 2.69 bits per heavy atom. The maximum atomic E-state index is 13.3. The summed E-state index contributed by atoms with van der Waals surface area (Å²) >= 11 is 0. The molecule has 0 saturated heterocycles. The van der Waals surface area contributed by atoms with Gasteiger partial charge in [0.1, 0.15) is 0 Å². The summed E-state index contributed by atoms with van der Waals surface area (Å²) < 4.78 is 26.1. The lowest BCUT2D eigenvalue weighted by Crippen LogP contribution is -2.31. The van der Waals surface area contributed by atoms with Crippen molar-refractivity contribution in [2.45, 2.75) is 13.8 Å². The zero-order chi connectivity index (χ0) is 12.3. The van der Waals surface area contributed by atoms with Gasteiger partial charge >= 0.3 is 0 Å². The first-order valence-corrected chi connectivity index (χ1v) is 4.99. The summed E-state index contributed by atoms with van der Waals surface area (Å²) in [5, 5.41) is 0. The molecule has 0 aliphatic carbocycles. The van der Waals surface area contributed by atoms with Crippen LogP contribution in [0.15, 0.2) is 12.3 Å². The maximum absolute atomic E-state index is 13.3. The molecule has 0 atom stereocenters. The Labute approximate surface area is 93.1 Å². The molecule has 0 aliphatic rings. The van der Waals surface area contributed by atoms with Gasteiger partial charge in [0, 0.05) is 19.8 Å². The molecule has 1 amide bonds. The van der Waals surface area contributed by atoms with Crippen molar-refractivity contribution < 1.29 is 13.6 Å². The average molecular weight is 228 g/mol. The summed E-state index contributed by atoms with van der Waals surface area (Å²) in [4.78, 5) is 16.2. The SMILES string of the molecule is CC(C)CN(C)C(=O)c1ccnc(F)c1F. The molecule has 1 rings (SSSR count). The topological polar surface area (TPSA) is 33.2 Å². The third-order valence-electron chi connectivity index (χ3n) is 2.06. The van der Waals surface area contributed by atoms with Gasteiger partial charge in [0.05, 0.1) is 5.56 Å². The zero-order valence-electron chi connectivity index (χ0n) is 9.50. The number of aromatic nitrogens is 1. The maximum Gasteiger partial charge on any atom is 0.256 e. The molecule has 0 aliphatic heterocycles. The monoisotopic (exact) mass is 228 g/mol. The highest BCUT2D eigenvalue weighted by Gasteiger charge is 2.19. The molecule has 0 fully saturated rings. The summed E-state index contributed by atoms with van der Waals surface area (Å²) in [6.07, 6.45) is 1.08. The van der Waals surface area contributed by atoms with E-state index in [1.54, 1.807) is 7.05 Å². The third-order valence-corrected chi connectivity index (χ3v) is 2.06. The number of rotatable bonds is 3. The quantitative estimate of drug-likeness (QED) is 0.742. The van der Waals surface area contributed by atoms with Crippen LogP contribution < -0.4 is 0 Å². The van der Waals surface area contributed by atoms with E-state index in [0.29, 0.717) is 6.54 Å². The van der Waals surface area contributed by atoms with E-state index in [1.807, 2.05) is 13.8 Å². The van der Waals surface area contributed by atoms with E-state index in [1.165, 1.54) is 11.0 Å². The number of nitrogens with zero attached hydrogens (tertiary/aromatic N) is 2. The van der Waals surface area contributed by atoms with Crippen LogP contribution in [0.4, 0.5) is 8.78 Å². The molecule has 3 nitrogen and oxygen atoms in total. The second-order valence-corrected chi connectivity index (χ2v) is 4.04. The smallest absolute Gasteiger partial charge is 0.256 e. The average Bonchev–Trinajstić information content (AvgIpc) is 2.20. The molecule has 0 radical (unpaired) electrons. The van der Waals surface area contributed by atoms with E-state index in [4.69, 9.17) is 0 Å². The number of pyridine rings is 1. The molecule has 88 valence electrons. The Bertz CT molecular complexity index is 394. The zero-order valence-corrected chi connectivity index (χ0v) is 9.50. The third kappa shape index (κ3) is 2.74. The van der Waals surface area contributed by atoms with Gasteiger partial charge in [0.25, 0.3) is 5.91 Å². The second kappa shape index (κ2) is 5.01. The number of halogens is 2. The largest absolute Gasteiger partial charge is 0.341 e. The molecule has 0 unspecified atom stereocenters. The first-order chi connectivity index (χ1) is 7.43. The summed E-state index contributed by atoms with van der Waals surface area (Å²) in [5.41, 5.74) is -0.282. The lowest BCUT2D eigenvalue weighted by molar-refractivity contribution is 0.0773. The lowest BCUT2D eigenvalue weighted by atomic mass is 10.2. The normalized spacial score (nSPS) is 10.6. The van der Waals surface area contributed by atoms with Crippen molar-refractivity contribution >= 4 is 5.91 Å². The molecule has 0 spiro atoms. The highest BCUT2D eigenvalue weighted by Crippen LogP contribution is 2.11. The first-order valence-electron chi connectivity index (χ1n) is 4.99. The van der Waals surface area contributed by atoms with Gasteiger partial charge in [-0.2, -0.15) is 4.39 Å². The van der Waals surface area contributed by atoms with Gasteiger partial charge in [0.2, 0.25) is 5.95 Å². The van der Waals surface area contributed by atoms with Gasteiger partial charge in [-0.3, -0.25) is 4.79 Å². The van der Waals surface area contributed by atoms with Crippen molar-refractivity contribution in [3.8, 4) is 0 Å². The molecule has 0 saturated carbocycles. The molecule has 1 aromatic rings. The van der Waals surface area contributed by atoms with Crippen LogP contribution in [-0.2, 0) is 0 Å². The van der Waals surface area contributed by atoms with Gasteiger partial charge < -0.3 is 4.90 Å². The van der Waals surface area contributed by atoms with E-state index in [2.05, 4.69) is 4.98 Å². The van der Waals surface area contributed by atoms with E-state index < -0.39 is 17.7 Å². The molecule has 1 heterocycles. The van der Waals surface area contributed by atoms with E-state index >= 15 is 0 Å². The van der Waals surface area contributed by atoms with E-state index in [0.717, 1.165) is 6.20 Å². The highest BCUT2D eigenvalue weighted by atomic mass is 19.2. The fourth-order valence-corrected chi connectivity index (χ4v) is 1.42. The van der Waals surface area contributed by atoms with Crippen LogP contribution in [0.1, 0.15) is 24.2 Å². The molecular weight excluding hydrogens is 214 g/mol. The predicted molar refractivity (Wildman–Crippen MR) is 56.0 cm³/mol. The molecule has 0 bridgehead atoms. The standard InChI is InChI=1S/C11H14F2N2O/c1-7(2)6-15(3)11(16)8-4-5-14-10(13)9(8)12/h4-5,7H,6H2,1-3H3. The summed E-state index contributed by atoms with van der Waals surface area (Å²) in [6, 6.07) is 1.18. The Morgan fingerprint density at radius 2 is 2.12 bits per heavy atom. The number of amides is 1. The number of carbonyl (C=O) groups excluding carboxylic acids is 1. The number of carbonyl (C=O) groups is 1. The van der Waals surface area contributed by atoms with Crippen LogP contribution in [0.25, 0.3) is 0 Å². The van der Waals surface area contributed by atoms with Crippen LogP contribution in [0.5, 0.6) is 0 Å². The van der Waals surface area contributed by atoms with Crippen molar-refractivity contribution in [3.05, 3.63) is 29.6 Å². The van der Waals surface area contributed by atoms with Crippen molar-refractivity contribution in [1.29, 1.82) is 0 Å². The van der Waals surface area contributed by atoms with Gasteiger partial charge in [-0.25, -0.2) is 9.37 Å². The fourth-order valence-electron chi connectivity index (χ4n) is 1.42. The van der Waals surface area contributed by atoms with Crippen molar-refractivity contribution in [3.63, 3.8) is 0 Å². The predicted octanol–water partition coefficient (Wildman–Crippen LogP) is 2.09. The second-order valence-electron chi connectivity index (χ2n) is 4.04. The molecule has 0 N–H and O–H groups in total. The molecule has 0 aromatic carbocycles. The van der Waals surface area contributed by atoms with E-state index in [9.17, 15) is 13.6 Å². The molecular formula is C11H14F2N2O. The van der Waals surface area contributed by atoms with Gasteiger partial charge in [-0.05, 0) is 12.0 Å². The van der Waals surface area contributed by atoms with Crippen LogP contribution in [0.2, 0.25) is 0 Å². The van der Waals surface area contributed by atoms with Crippen molar-refractivity contribution in [2.75, 3.05) is 13.6 Å². The highest BCUT2D eigenvalue weighted by molar-refractivity contribution is 5.94. The molecule has 16 heavy (non-hydrogen) atoms. The van der Waals surface area contributed by atoms with Crippen molar-refractivity contribution in [2.24, 2.45) is 5.92 Å². The first kappa shape index (κ1) is 12.5. The van der Waals surface area contributed by atoms with Gasteiger partial charge in [-0.15, -0.1) is 0 Å². The van der Waals surface area contributed by atoms with Gasteiger partial charge in [0.15, 0.2) is 5.82 Å². The lowest BCUT2D eigenvalue weighted by Gasteiger charge is -2.19. The minimum atomic E-state index is -1.25. The Balaban J connectivity index is 2.92. The van der Waals surface area contributed by atoms with E-state index in [-0.39, 0.29) is 11.5 Å². The molecule has 1 aromatic heterocycles. The minimum absolute atomic E-state index is 0.267. The van der Waals surface area contributed by atoms with Crippen molar-refractivity contribution in [1.82, 2.24) is 9.88 Å². The Morgan fingerprint density at radius 1 is 1.50 bits per heavy atom.